The first-order valence-corrected chi connectivity index (χ1v) is 10.3. The second-order valence-corrected chi connectivity index (χ2v) is 7.44. The Kier molecular flexibility index (Phi) is 5.72. The molecule has 0 saturated heterocycles. The highest BCUT2D eigenvalue weighted by molar-refractivity contribution is 7.13. The van der Waals surface area contributed by atoms with Gasteiger partial charge in [0, 0.05) is 16.5 Å². The van der Waals surface area contributed by atoms with Gasteiger partial charge in [-0.15, -0.1) is 11.3 Å². The number of nitrogens with one attached hydrogen (secondary N) is 1. The van der Waals surface area contributed by atoms with Gasteiger partial charge in [-0.2, -0.15) is 0 Å². The first kappa shape index (κ1) is 19.0. The van der Waals surface area contributed by atoms with Gasteiger partial charge in [0.1, 0.15) is 5.01 Å². The molecule has 2 aromatic carbocycles. The molecule has 0 aliphatic heterocycles. The van der Waals surface area contributed by atoms with Gasteiger partial charge in [-0.1, -0.05) is 61.5 Å². The number of rotatable bonds is 6. The van der Waals surface area contributed by atoms with Crippen molar-refractivity contribution >= 4 is 22.9 Å². The molecule has 0 fully saturated rings. The summed E-state index contributed by atoms with van der Waals surface area (Å²) < 4.78 is 0. The minimum absolute atomic E-state index is 0.140. The molecule has 1 amide bonds. The Bertz CT molecular complexity index is 1090. The van der Waals surface area contributed by atoms with Gasteiger partial charge in [0.2, 0.25) is 5.91 Å². The normalized spacial score (nSPS) is 10.7. The van der Waals surface area contributed by atoms with Crippen molar-refractivity contribution in [1.82, 2.24) is 15.0 Å². The fourth-order valence-corrected chi connectivity index (χ4v) is 3.73. The SMILES string of the molecule is CCc1ccc(-c2nc(CC(=O)Nc3cnc(-c4ccccc4)nc3)cs2)cc1. The lowest BCUT2D eigenvalue weighted by Gasteiger charge is -2.05. The van der Waals surface area contributed by atoms with Gasteiger partial charge < -0.3 is 5.32 Å². The number of amides is 1. The van der Waals surface area contributed by atoms with Gasteiger partial charge in [-0.25, -0.2) is 15.0 Å². The number of aryl methyl sites for hydroxylation is 1. The third kappa shape index (κ3) is 4.73. The van der Waals surface area contributed by atoms with Crippen molar-refractivity contribution in [1.29, 1.82) is 0 Å². The van der Waals surface area contributed by atoms with Crippen molar-refractivity contribution in [3.63, 3.8) is 0 Å². The summed E-state index contributed by atoms with van der Waals surface area (Å²) in [6.07, 6.45) is 4.47. The van der Waals surface area contributed by atoms with Crippen LogP contribution in [-0.4, -0.2) is 20.9 Å². The van der Waals surface area contributed by atoms with E-state index in [1.807, 2.05) is 35.7 Å². The second-order valence-electron chi connectivity index (χ2n) is 6.58. The number of hydrogen-bond acceptors (Lipinski definition) is 5. The molecule has 0 saturated carbocycles. The van der Waals surface area contributed by atoms with E-state index in [0.29, 0.717) is 11.5 Å². The lowest BCUT2D eigenvalue weighted by atomic mass is 10.1. The maximum atomic E-state index is 12.4. The van der Waals surface area contributed by atoms with E-state index in [4.69, 9.17) is 0 Å². The zero-order valence-corrected chi connectivity index (χ0v) is 16.8. The number of thiazole rings is 1. The van der Waals surface area contributed by atoms with Crippen molar-refractivity contribution in [3.8, 4) is 22.0 Å². The molecule has 144 valence electrons. The highest BCUT2D eigenvalue weighted by atomic mass is 32.1. The average molecular weight is 401 g/mol. The van der Waals surface area contributed by atoms with Gasteiger partial charge in [0.15, 0.2) is 5.82 Å². The summed E-state index contributed by atoms with van der Waals surface area (Å²) in [4.78, 5) is 25.6. The van der Waals surface area contributed by atoms with E-state index in [1.54, 1.807) is 23.7 Å². The van der Waals surface area contributed by atoms with Crippen LogP contribution in [0, 0.1) is 0 Å². The van der Waals surface area contributed by atoms with Crippen molar-refractivity contribution in [3.05, 3.63) is 83.6 Å². The smallest absolute Gasteiger partial charge is 0.230 e. The average Bonchev–Trinajstić information content (AvgIpc) is 3.23. The second kappa shape index (κ2) is 8.75. The largest absolute Gasteiger partial charge is 0.323 e. The van der Waals surface area contributed by atoms with Crippen LogP contribution >= 0.6 is 11.3 Å². The van der Waals surface area contributed by atoms with E-state index < -0.39 is 0 Å². The molecule has 29 heavy (non-hydrogen) atoms. The van der Waals surface area contributed by atoms with E-state index in [0.717, 1.165) is 28.2 Å². The Morgan fingerprint density at radius 2 is 1.69 bits per heavy atom. The van der Waals surface area contributed by atoms with Crippen LogP contribution in [0.1, 0.15) is 18.2 Å². The summed E-state index contributed by atoms with van der Waals surface area (Å²) >= 11 is 1.55. The van der Waals surface area contributed by atoms with Crippen LogP contribution in [0.3, 0.4) is 0 Å². The Morgan fingerprint density at radius 1 is 0.966 bits per heavy atom. The summed E-state index contributed by atoms with van der Waals surface area (Å²) in [5.41, 5.74) is 4.63. The Hall–Kier alpha value is -3.38. The van der Waals surface area contributed by atoms with Crippen molar-refractivity contribution < 1.29 is 4.79 Å². The van der Waals surface area contributed by atoms with Crippen LogP contribution in [0.15, 0.2) is 72.4 Å². The van der Waals surface area contributed by atoms with Gasteiger partial charge in [-0.05, 0) is 12.0 Å². The van der Waals surface area contributed by atoms with Crippen LogP contribution < -0.4 is 5.32 Å². The van der Waals surface area contributed by atoms with Gasteiger partial charge in [0.05, 0.1) is 30.2 Å². The van der Waals surface area contributed by atoms with E-state index in [-0.39, 0.29) is 12.3 Å². The highest BCUT2D eigenvalue weighted by Crippen LogP contribution is 2.24. The zero-order chi connectivity index (χ0) is 20.1. The molecule has 5 nitrogen and oxygen atoms in total. The van der Waals surface area contributed by atoms with E-state index in [9.17, 15) is 4.79 Å². The van der Waals surface area contributed by atoms with Gasteiger partial charge in [0.25, 0.3) is 0 Å². The molecule has 0 aliphatic rings. The molecule has 4 rings (SSSR count). The molecule has 0 aliphatic carbocycles. The number of aromatic nitrogens is 3. The minimum Gasteiger partial charge on any atom is -0.323 e. The topological polar surface area (TPSA) is 67.8 Å². The standard InChI is InChI=1S/C23H20N4OS/c1-2-16-8-10-18(11-9-16)23-27-19(15-29-23)12-21(28)26-20-13-24-22(25-14-20)17-6-4-3-5-7-17/h3-11,13-15H,2,12H2,1H3,(H,26,28). The predicted molar refractivity (Wildman–Crippen MR) is 117 cm³/mol. The van der Waals surface area contributed by atoms with Crippen LogP contribution in [0.2, 0.25) is 0 Å². The number of benzene rings is 2. The number of anilines is 1. The molecule has 0 spiro atoms. The molecule has 2 heterocycles. The minimum atomic E-state index is -0.140. The van der Waals surface area contributed by atoms with Crippen molar-refractivity contribution in [2.45, 2.75) is 19.8 Å². The summed E-state index contributed by atoms with van der Waals surface area (Å²) in [7, 11) is 0. The Morgan fingerprint density at radius 3 is 2.38 bits per heavy atom. The van der Waals surface area contributed by atoms with Crippen LogP contribution in [0.4, 0.5) is 5.69 Å². The quantitative estimate of drug-likeness (QED) is 0.494. The third-order valence-corrected chi connectivity index (χ3v) is 5.41. The third-order valence-electron chi connectivity index (χ3n) is 4.47. The molecule has 0 atom stereocenters. The summed E-state index contributed by atoms with van der Waals surface area (Å²) in [6, 6.07) is 18.1. The fraction of sp³-hybridized carbons (Fsp3) is 0.130. The van der Waals surface area contributed by atoms with Crippen LogP contribution in [0.25, 0.3) is 22.0 Å². The molecule has 4 aromatic rings. The van der Waals surface area contributed by atoms with E-state index in [1.165, 1.54) is 5.56 Å². The lowest BCUT2D eigenvalue weighted by molar-refractivity contribution is -0.115. The molecule has 0 radical (unpaired) electrons. The maximum Gasteiger partial charge on any atom is 0.230 e. The predicted octanol–water partition coefficient (Wildman–Crippen LogP) is 5.01. The molecule has 2 aromatic heterocycles. The number of carbonyl (C=O) groups is 1. The number of hydrogen-bond donors (Lipinski definition) is 1. The highest BCUT2D eigenvalue weighted by Gasteiger charge is 2.10. The Labute approximate surface area is 173 Å². The van der Waals surface area contributed by atoms with Crippen molar-refractivity contribution in [2.75, 3.05) is 5.32 Å². The molecule has 1 N–H and O–H groups in total. The summed E-state index contributed by atoms with van der Waals surface area (Å²) in [5.74, 6) is 0.487. The van der Waals surface area contributed by atoms with Gasteiger partial charge >= 0.3 is 0 Å². The van der Waals surface area contributed by atoms with Crippen molar-refractivity contribution in [2.24, 2.45) is 0 Å². The summed E-state index contributed by atoms with van der Waals surface area (Å²) in [5, 5.41) is 5.68. The maximum absolute atomic E-state index is 12.4. The molecular weight excluding hydrogens is 380 g/mol. The van der Waals surface area contributed by atoms with Gasteiger partial charge in [-0.3, -0.25) is 4.79 Å². The Balaban J connectivity index is 1.38. The molecular formula is C23H20N4OS. The zero-order valence-electron chi connectivity index (χ0n) is 16.0. The number of nitrogens with zero attached hydrogens (tertiary/aromatic N) is 3. The molecule has 6 heteroatoms. The first-order chi connectivity index (χ1) is 14.2. The molecule has 0 bridgehead atoms. The monoisotopic (exact) mass is 400 g/mol. The van der Waals surface area contributed by atoms with Crippen LogP contribution in [0.5, 0.6) is 0 Å². The van der Waals surface area contributed by atoms with Crippen LogP contribution in [-0.2, 0) is 17.6 Å². The lowest BCUT2D eigenvalue weighted by Crippen LogP contribution is -2.15. The first-order valence-electron chi connectivity index (χ1n) is 9.42. The summed E-state index contributed by atoms with van der Waals surface area (Å²) in [6.45, 7) is 2.13. The fourth-order valence-electron chi connectivity index (χ4n) is 2.90. The number of carbonyl (C=O) groups excluding carboxylic acids is 1. The molecule has 0 unspecified atom stereocenters. The van der Waals surface area contributed by atoms with E-state index in [2.05, 4.69) is 51.5 Å². The van der Waals surface area contributed by atoms with E-state index >= 15 is 0 Å².